The third-order valence-electron chi connectivity index (χ3n) is 3.50. The molecule has 7 nitrogen and oxygen atoms in total. The highest BCUT2D eigenvalue weighted by Gasteiger charge is 2.29. The Labute approximate surface area is 143 Å². The van der Waals surface area contributed by atoms with Crippen molar-refractivity contribution in [1.82, 2.24) is 10.6 Å². The van der Waals surface area contributed by atoms with Crippen LogP contribution in [0.1, 0.15) is 13.3 Å². The second kappa shape index (κ2) is 7.35. The van der Waals surface area contributed by atoms with Gasteiger partial charge in [-0.15, -0.1) is 0 Å². The Balaban J connectivity index is 1.84. The normalized spacial score (nSPS) is 20.2. The van der Waals surface area contributed by atoms with Gasteiger partial charge in [0.2, 0.25) is 5.91 Å². The summed E-state index contributed by atoms with van der Waals surface area (Å²) in [5.41, 5.74) is 0.294. The summed E-state index contributed by atoms with van der Waals surface area (Å²) in [6.07, 6.45) is 0.352. The molecule has 2 rings (SSSR count). The maximum atomic E-state index is 13.1. The van der Waals surface area contributed by atoms with Gasteiger partial charge >= 0.3 is 6.03 Å². The largest absolute Gasteiger partial charge is 0.334 e. The van der Waals surface area contributed by atoms with Crippen LogP contribution < -0.4 is 16.0 Å². The fourth-order valence-electron chi connectivity index (χ4n) is 2.22. The van der Waals surface area contributed by atoms with Crippen LogP contribution >= 0.6 is 11.6 Å². The summed E-state index contributed by atoms with van der Waals surface area (Å²) in [7, 11) is -3.10. The van der Waals surface area contributed by atoms with Gasteiger partial charge in [-0.1, -0.05) is 11.6 Å². The third kappa shape index (κ3) is 5.07. The van der Waals surface area contributed by atoms with Crippen LogP contribution in [0.4, 0.5) is 14.9 Å². The van der Waals surface area contributed by atoms with Crippen LogP contribution in [0.2, 0.25) is 5.02 Å². The summed E-state index contributed by atoms with van der Waals surface area (Å²) < 4.78 is 35.7. The van der Waals surface area contributed by atoms with Crippen LogP contribution in [0, 0.1) is 5.82 Å². The Bertz CT molecular complexity index is 756. The highest BCUT2D eigenvalue weighted by Crippen LogP contribution is 2.19. The summed E-state index contributed by atoms with van der Waals surface area (Å²) in [5.74, 6) is -1.19. The molecular formula is C14H17ClFN3O4S. The molecule has 3 amide bonds. The second-order valence-corrected chi connectivity index (χ2v) is 8.19. The molecule has 1 unspecified atom stereocenters. The lowest BCUT2D eigenvalue weighted by atomic mass is 10.2. The number of amides is 3. The van der Waals surface area contributed by atoms with Crippen molar-refractivity contribution in [1.29, 1.82) is 0 Å². The molecule has 1 aromatic rings. The van der Waals surface area contributed by atoms with Gasteiger partial charge in [0, 0.05) is 11.7 Å². The van der Waals surface area contributed by atoms with Crippen molar-refractivity contribution < 1.29 is 22.4 Å². The molecule has 10 heteroatoms. The number of carbonyl (C=O) groups excluding carboxylic acids is 2. The van der Waals surface area contributed by atoms with Crippen LogP contribution in [0.15, 0.2) is 18.2 Å². The van der Waals surface area contributed by atoms with E-state index in [9.17, 15) is 22.4 Å². The zero-order chi connectivity index (χ0) is 17.9. The summed E-state index contributed by atoms with van der Waals surface area (Å²) in [5, 5.41) is 7.30. The number of halogens is 2. The fourth-order valence-corrected chi connectivity index (χ4v) is 4.08. The van der Waals surface area contributed by atoms with E-state index in [0.717, 1.165) is 6.07 Å². The molecule has 0 bridgehead atoms. The third-order valence-corrected chi connectivity index (χ3v) is 5.55. The SMILES string of the molecule is C[C@H](NC(=O)NC1CCS(=O)(=O)C1)C(=O)Nc1ccc(F)c(Cl)c1. The van der Waals surface area contributed by atoms with Gasteiger partial charge in [-0.3, -0.25) is 4.79 Å². The number of hydrogen-bond donors (Lipinski definition) is 3. The number of hydrogen-bond acceptors (Lipinski definition) is 4. The Morgan fingerprint density at radius 1 is 1.38 bits per heavy atom. The average molecular weight is 378 g/mol. The van der Waals surface area contributed by atoms with E-state index in [1.165, 1.54) is 19.1 Å². The number of nitrogens with one attached hydrogen (secondary N) is 3. The van der Waals surface area contributed by atoms with Gasteiger partial charge in [-0.2, -0.15) is 0 Å². The van der Waals surface area contributed by atoms with Crippen LogP contribution in [-0.4, -0.2) is 43.9 Å². The van der Waals surface area contributed by atoms with E-state index in [1.807, 2.05) is 0 Å². The molecule has 1 aromatic carbocycles. The molecule has 1 aliphatic heterocycles. The first-order chi connectivity index (χ1) is 11.2. The van der Waals surface area contributed by atoms with Crippen LogP contribution in [0.25, 0.3) is 0 Å². The van der Waals surface area contributed by atoms with Crippen LogP contribution in [0.3, 0.4) is 0 Å². The van der Waals surface area contributed by atoms with E-state index < -0.39 is 39.7 Å². The molecule has 1 saturated heterocycles. The van der Waals surface area contributed by atoms with Crippen molar-refractivity contribution in [3.63, 3.8) is 0 Å². The predicted molar refractivity (Wildman–Crippen MR) is 88.2 cm³/mol. The highest BCUT2D eigenvalue weighted by molar-refractivity contribution is 7.91. The molecule has 0 spiro atoms. The predicted octanol–water partition coefficient (Wildman–Crippen LogP) is 1.29. The molecular weight excluding hydrogens is 361 g/mol. The minimum atomic E-state index is -3.10. The molecule has 24 heavy (non-hydrogen) atoms. The first-order valence-corrected chi connectivity index (χ1v) is 9.39. The lowest BCUT2D eigenvalue weighted by Gasteiger charge is -2.17. The molecule has 0 radical (unpaired) electrons. The van der Waals surface area contributed by atoms with Crippen molar-refractivity contribution in [2.75, 3.05) is 16.8 Å². The Kier molecular flexibility index (Phi) is 5.66. The first-order valence-electron chi connectivity index (χ1n) is 7.19. The molecule has 2 atom stereocenters. The minimum absolute atomic E-state index is 0.0410. The monoisotopic (exact) mass is 377 g/mol. The summed E-state index contributed by atoms with van der Waals surface area (Å²) in [6.45, 7) is 1.46. The summed E-state index contributed by atoms with van der Waals surface area (Å²) in [4.78, 5) is 23.8. The smallest absolute Gasteiger partial charge is 0.315 e. The van der Waals surface area contributed by atoms with E-state index in [2.05, 4.69) is 16.0 Å². The number of benzene rings is 1. The Morgan fingerprint density at radius 2 is 2.08 bits per heavy atom. The van der Waals surface area contributed by atoms with E-state index in [4.69, 9.17) is 11.6 Å². The zero-order valence-corrected chi connectivity index (χ0v) is 14.4. The van der Waals surface area contributed by atoms with E-state index >= 15 is 0 Å². The van der Waals surface area contributed by atoms with Gasteiger partial charge in [0.05, 0.1) is 16.5 Å². The van der Waals surface area contributed by atoms with E-state index in [1.54, 1.807) is 0 Å². The fraction of sp³-hybridized carbons (Fsp3) is 0.429. The number of urea groups is 1. The van der Waals surface area contributed by atoms with E-state index in [0.29, 0.717) is 12.1 Å². The molecule has 132 valence electrons. The second-order valence-electron chi connectivity index (χ2n) is 5.56. The molecule has 1 heterocycles. The van der Waals surface area contributed by atoms with Gasteiger partial charge in [0.25, 0.3) is 0 Å². The van der Waals surface area contributed by atoms with Gasteiger partial charge in [-0.05, 0) is 31.5 Å². The first kappa shape index (κ1) is 18.5. The summed E-state index contributed by atoms with van der Waals surface area (Å²) in [6, 6.07) is 1.74. The number of anilines is 1. The van der Waals surface area contributed by atoms with Gasteiger partial charge in [0.1, 0.15) is 11.9 Å². The zero-order valence-electron chi connectivity index (χ0n) is 12.8. The lowest BCUT2D eigenvalue weighted by molar-refractivity contribution is -0.117. The van der Waals surface area contributed by atoms with Gasteiger partial charge in [-0.25, -0.2) is 17.6 Å². The highest BCUT2D eigenvalue weighted by atomic mass is 35.5. The quantitative estimate of drug-likeness (QED) is 0.735. The molecule has 1 fully saturated rings. The van der Waals surface area contributed by atoms with Crippen LogP contribution in [-0.2, 0) is 14.6 Å². The molecule has 0 aromatic heterocycles. The molecule has 3 N–H and O–H groups in total. The number of carbonyl (C=O) groups is 2. The number of rotatable bonds is 4. The minimum Gasteiger partial charge on any atom is -0.334 e. The van der Waals surface area contributed by atoms with Crippen molar-refractivity contribution >= 4 is 39.1 Å². The van der Waals surface area contributed by atoms with Gasteiger partial charge in [0.15, 0.2) is 9.84 Å². The van der Waals surface area contributed by atoms with Crippen molar-refractivity contribution in [2.24, 2.45) is 0 Å². The maximum Gasteiger partial charge on any atom is 0.315 e. The molecule has 1 aliphatic rings. The van der Waals surface area contributed by atoms with Crippen LogP contribution in [0.5, 0.6) is 0 Å². The molecule has 0 saturated carbocycles. The van der Waals surface area contributed by atoms with Crippen molar-refractivity contribution in [3.8, 4) is 0 Å². The maximum absolute atomic E-state index is 13.1. The van der Waals surface area contributed by atoms with Gasteiger partial charge < -0.3 is 16.0 Å². The van der Waals surface area contributed by atoms with E-state index in [-0.39, 0.29) is 16.5 Å². The standard InChI is InChI=1S/C14H17ClFN3O4S/c1-8(13(20)18-9-2-3-12(16)11(15)6-9)17-14(21)19-10-4-5-24(22,23)7-10/h2-3,6,8,10H,4-5,7H2,1H3,(H,18,20)(H2,17,19,21)/t8-,10?/m0/s1. The Morgan fingerprint density at radius 3 is 2.67 bits per heavy atom. The lowest BCUT2D eigenvalue weighted by Crippen LogP contribution is -2.49. The average Bonchev–Trinajstić information content (AvgIpc) is 2.81. The molecule has 0 aliphatic carbocycles. The number of sulfone groups is 1. The summed E-state index contributed by atoms with van der Waals surface area (Å²) >= 11 is 5.62. The Hall–Kier alpha value is -1.87. The van der Waals surface area contributed by atoms with Crippen molar-refractivity contribution in [2.45, 2.75) is 25.4 Å². The topological polar surface area (TPSA) is 104 Å². The van der Waals surface area contributed by atoms with Crippen molar-refractivity contribution in [3.05, 3.63) is 29.0 Å².